The van der Waals surface area contributed by atoms with E-state index in [0.29, 0.717) is 17.6 Å². The molecule has 2 heteroatoms. The van der Waals surface area contributed by atoms with Crippen LogP contribution in [0.4, 0.5) is 0 Å². The molecule has 2 nitrogen and oxygen atoms in total. The lowest BCUT2D eigenvalue weighted by atomic mass is 9.49. The van der Waals surface area contributed by atoms with Crippen molar-refractivity contribution in [1.29, 1.82) is 0 Å². The van der Waals surface area contributed by atoms with E-state index in [1.54, 1.807) is 0 Å². The van der Waals surface area contributed by atoms with E-state index in [9.17, 15) is 9.90 Å². The highest BCUT2D eigenvalue weighted by atomic mass is 16.3. The maximum absolute atomic E-state index is 11.9. The first kappa shape index (κ1) is 14.2. The van der Waals surface area contributed by atoms with Crippen LogP contribution in [-0.4, -0.2) is 17.0 Å². The lowest BCUT2D eigenvalue weighted by Crippen LogP contribution is -2.51. The highest BCUT2D eigenvalue weighted by Crippen LogP contribution is 2.62. The van der Waals surface area contributed by atoms with E-state index in [1.807, 2.05) is 0 Å². The molecule has 4 saturated carbocycles. The summed E-state index contributed by atoms with van der Waals surface area (Å²) >= 11 is 0. The van der Waals surface area contributed by atoms with E-state index < -0.39 is 0 Å². The zero-order chi connectivity index (χ0) is 14.8. The first-order valence-corrected chi connectivity index (χ1v) is 9.20. The topological polar surface area (TPSA) is 37.3 Å². The molecule has 4 rings (SSSR count). The van der Waals surface area contributed by atoms with Crippen LogP contribution in [0.5, 0.6) is 0 Å². The van der Waals surface area contributed by atoms with Gasteiger partial charge in [0.15, 0.2) is 0 Å². The summed E-state index contributed by atoms with van der Waals surface area (Å²) in [4.78, 5) is 11.9. The molecule has 0 heterocycles. The highest BCUT2D eigenvalue weighted by molar-refractivity contribution is 5.79. The zero-order valence-electron chi connectivity index (χ0n) is 13.6. The molecule has 8 atom stereocenters. The molecule has 118 valence electrons. The molecule has 0 saturated heterocycles. The summed E-state index contributed by atoms with van der Waals surface area (Å²) in [5.41, 5.74) is 0.196. The van der Waals surface area contributed by atoms with Crippen LogP contribution in [0.1, 0.15) is 65.2 Å². The molecular weight excluding hydrogens is 260 g/mol. The molecule has 4 aliphatic rings. The van der Waals surface area contributed by atoms with Gasteiger partial charge in [0.25, 0.3) is 0 Å². The minimum absolute atomic E-state index is 0.0634. The van der Waals surface area contributed by atoms with Gasteiger partial charge in [-0.1, -0.05) is 13.8 Å². The van der Waals surface area contributed by atoms with Gasteiger partial charge in [-0.25, -0.2) is 0 Å². The minimum atomic E-state index is -0.0634. The van der Waals surface area contributed by atoms with E-state index in [4.69, 9.17) is 0 Å². The van der Waals surface area contributed by atoms with E-state index in [-0.39, 0.29) is 11.5 Å². The molecule has 0 aromatic rings. The van der Waals surface area contributed by atoms with Crippen molar-refractivity contribution in [3.8, 4) is 0 Å². The van der Waals surface area contributed by atoms with Crippen molar-refractivity contribution < 1.29 is 9.90 Å². The van der Waals surface area contributed by atoms with Crippen LogP contribution in [0.15, 0.2) is 0 Å². The number of fused-ring (bicyclic) bond motifs is 5. The fourth-order valence-corrected chi connectivity index (χ4v) is 7.13. The maximum atomic E-state index is 11.9. The predicted octanol–water partition coefficient (Wildman–Crippen LogP) is 3.82. The lowest BCUT2D eigenvalue weighted by Gasteiger charge is -2.56. The SMILES string of the molecule is C[C@@H]1CC(=O)CC2CC[C@@H]3[C@H](CC[C@]4(C)[C@@H](O)CC[C@@H]34)C21. The monoisotopic (exact) mass is 290 g/mol. The second kappa shape index (κ2) is 4.81. The lowest BCUT2D eigenvalue weighted by molar-refractivity contribution is -0.133. The number of rotatable bonds is 0. The van der Waals surface area contributed by atoms with Crippen LogP contribution in [0.2, 0.25) is 0 Å². The van der Waals surface area contributed by atoms with Gasteiger partial charge in [-0.3, -0.25) is 4.79 Å². The van der Waals surface area contributed by atoms with Crippen molar-refractivity contribution in [2.24, 2.45) is 40.9 Å². The average Bonchev–Trinajstić information content (AvgIpc) is 2.74. The molecule has 0 aliphatic heterocycles. The van der Waals surface area contributed by atoms with Crippen molar-refractivity contribution >= 4 is 5.78 Å². The van der Waals surface area contributed by atoms with Crippen molar-refractivity contribution in [1.82, 2.24) is 0 Å². The maximum Gasteiger partial charge on any atom is 0.133 e. The Morgan fingerprint density at radius 3 is 2.67 bits per heavy atom. The fraction of sp³-hybridized carbons (Fsp3) is 0.947. The first-order valence-electron chi connectivity index (χ1n) is 9.20. The standard InChI is InChI=1S/C19H30O2/c1-11-9-13(20)10-12-3-4-14-15(18(11)12)7-8-19(2)16(14)5-6-17(19)21/h11-12,14-18,21H,3-10H2,1-2H3/t11-,12?,14-,15+,16+,17+,18?,19+/m1/s1. The van der Waals surface area contributed by atoms with Crippen LogP contribution < -0.4 is 0 Å². The van der Waals surface area contributed by atoms with Crippen LogP contribution in [-0.2, 0) is 4.79 Å². The highest BCUT2D eigenvalue weighted by Gasteiger charge is 2.57. The molecular formula is C19H30O2. The van der Waals surface area contributed by atoms with Gasteiger partial charge in [0.05, 0.1) is 6.10 Å². The molecule has 21 heavy (non-hydrogen) atoms. The number of carbonyl (C=O) groups excluding carboxylic acids is 1. The van der Waals surface area contributed by atoms with Gasteiger partial charge in [0.2, 0.25) is 0 Å². The van der Waals surface area contributed by atoms with Gasteiger partial charge in [0.1, 0.15) is 5.78 Å². The van der Waals surface area contributed by atoms with E-state index in [0.717, 1.165) is 42.9 Å². The molecule has 4 fully saturated rings. The molecule has 0 bridgehead atoms. The van der Waals surface area contributed by atoms with Gasteiger partial charge in [-0.05, 0) is 79.4 Å². The molecule has 0 radical (unpaired) electrons. The number of carbonyl (C=O) groups is 1. The van der Waals surface area contributed by atoms with Crippen molar-refractivity contribution in [2.75, 3.05) is 0 Å². The normalized spacial score (nSPS) is 56.5. The summed E-state index contributed by atoms with van der Waals surface area (Å²) in [6, 6.07) is 0. The van der Waals surface area contributed by atoms with Gasteiger partial charge in [-0.2, -0.15) is 0 Å². The largest absolute Gasteiger partial charge is 0.393 e. The molecule has 0 aromatic carbocycles. The number of aliphatic hydroxyl groups excluding tert-OH is 1. The Morgan fingerprint density at radius 2 is 1.86 bits per heavy atom. The van der Waals surface area contributed by atoms with Crippen molar-refractivity contribution in [3.05, 3.63) is 0 Å². The number of hydrogen-bond donors (Lipinski definition) is 1. The number of aliphatic hydroxyl groups is 1. The Hall–Kier alpha value is -0.370. The number of Topliss-reactive ketones (excluding diaryl/α,β-unsaturated/α-hetero) is 1. The first-order chi connectivity index (χ1) is 10.0. The molecule has 0 amide bonds. The van der Waals surface area contributed by atoms with Crippen LogP contribution >= 0.6 is 0 Å². The summed E-state index contributed by atoms with van der Waals surface area (Å²) in [6.07, 6.45) is 8.99. The Kier molecular flexibility index (Phi) is 3.26. The van der Waals surface area contributed by atoms with Gasteiger partial charge in [0, 0.05) is 12.8 Å². The molecule has 0 aromatic heterocycles. The van der Waals surface area contributed by atoms with Crippen molar-refractivity contribution in [2.45, 2.75) is 71.3 Å². The van der Waals surface area contributed by atoms with Gasteiger partial charge < -0.3 is 5.11 Å². The summed E-state index contributed by atoms with van der Waals surface area (Å²) in [5.74, 6) is 5.01. The van der Waals surface area contributed by atoms with E-state index in [1.165, 1.54) is 32.1 Å². The Morgan fingerprint density at radius 1 is 1.05 bits per heavy atom. The molecule has 0 spiro atoms. The predicted molar refractivity (Wildman–Crippen MR) is 82.7 cm³/mol. The fourth-order valence-electron chi connectivity index (χ4n) is 7.13. The number of hydrogen-bond acceptors (Lipinski definition) is 2. The van der Waals surface area contributed by atoms with E-state index >= 15 is 0 Å². The Labute approximate surface area is 128 Å². The molecule has 1 N–H and O–H groups in total. The third-order valence-electron chi connectivity index (χ3n) is 8.05. The van der Waals surface area contributed by atoms with Crippen molar-refractivity contribution in [3.63, 3.8) is 0 Å². The summed E-state index contributed by atoms with van der Waals surface area (Å²) < 4.78 is 0. The molecule has 4 aliphatic carbocycles. The second-order valence-electron chi connectivity index (χ2n) is 8.91. The zero-order valence-corrected chi connectivity index (χ0v) is 13.6. The van der Waals surface area contributed by atoms with Crippen LogP contribution in [0.3, 0.4) is 0 Å². The summed E-state index contributed by atoms with van der Waals surface area (Å²) in [5, 5.41) is 10.4. The molecule has 2 unspecified atom stereocenters. The van der Waals surface area contributed by atoms with Crippen LogP contribution in [0, 0.1) is 40.9 Å². The smallest absolute Gasteiger partial charge is 0.133 e. The van der Waals surface area contributed by atoms with Gasteiger partial charge >= 0.3 is 0 Å². The third kappa shape index (κ3) is 1.97. The van der Waals surface area contributed by atoms with E-state index in [2.05, 4.69) is 13.8 Å². The second-order valence-corrected chi connectivity index (χ2v) is 8.91. The summed E-state index contributed by atoms with van der Waals surface area (Å²) in [6.45, 7) is 4.68. The number of ketones is 1. The Bertz CT molecular complexity index is 445. The Balaban J connectivity index is 1.61. The minimum Gasteiger partial charge on any atom is -0.393 e. The average molecular weight is 290 g/mol. The quantitative estimate of drug-likeness (QED) is 0.736. The van der Waals surface area contributed by atoms with Crippen LogP contribution in [0.25, 0.3) is 0 Å². The summed E-state index contributed by atoms with van der Waals surface area (Å²) in [7, 11) is 0. The third-order valence-corrected chi connectivity index (χ3v) is 8.05. The van der Waals surface area contributed by atoms with Gasteiger partial charge in [-0.15, -0.1) is 0 Å².